The Morgan fingerprint density at radius 3 is 2.61 bits per heavy atom. The van der Waals surface area contributed by atoms with E-state index in [1.807, 2.05) is 6.07 Å². The van der Waals surface area contributed by atoms with E-state index in [-0.39, 0.29) is 12.6 Å². The summed E-state index contributed by atoms with van der Waals surface area (Å²) in [4.78, 5) is 25.6. The lowest BCUT2D eigenvalue weighted by atomic mass is 10.1. The number of carbonyl (C=O) groups is 1. The molecule has 0 aromatic heterocycles. The molecular formula is C12H15NO5. The van der Waals surface area contributed by atoms with Gasteiger partial charge >= 0.3 is 5.97 Å². The van der Waals surface area contributed by atoms with Crippen molar-refractivity contribution in [3.05, 3.63) is 46.0 Å². The summed E-state index contributed by atoms with van der Waals surface area (Å²) in [5.74, 6) is -0.360. The maximum absolute atomic E-state index is 10.6. The van der Waals surface area contributed by atoms with Crippen molar-refractivity contribution in [1.82, 2.24) is 0 Å². The molecule has 0 amide bonds. The van der Waals surface area contributed by atoms with E-state index in [1.54, 1.807) is 24.3 Å². The van der Waals surface area contributed by atoms with E-state index in [0.29, 0.717) is 12.8 Å². The van der Waals surface area contributed by atoms with E-state index in [9.17, 15) is 14.9 Å². The fourth-order valence-corrected chi connectivity index (χ4v) is 1.54. The Balaban J connectivity index is 2.51. The van der Waals surface area contributed by atoms with Crippen molar-refractivity contribution in [3.8, 4) is 0 Å². The molecule has 6 heteroatoms. The van der Waals surface area contributed by atoms with Crippen LogP contribution in [0.15, 0.2) is 30.3 Å². The van der Waals surface area contributed by atoms with E-state index >= 15 is 0 Å². The molecule has 1 atom stereocenters. The number of ether oxygens (including phenoxy) is 1. The average Bonchev–Trinajstić information content (AvgIpc) is 2.33. The van der Waals surface area contributed by atoms with Crippen LogP contribution in [0.4, 0.5) is 0 Å². The van der Waals surface area contributed by atoms with Crippen LogP contribution in [0.3, 0.4) is 0 Å². The van der Waals surface area contributed by atoms with Crippen molar-refractivity contribution in [2.75, 3.05) is 6.61 Å². The topological polar surface area (TPSA) is 78.7 Å². The molecule has 0 bridgehead atoms. The normalized spacial score (nSPS) is 11.6. The molecule has 98 valence electrons. The van der Waals surface area contributed by atoms with Crippen molar-refractivity contribution < 1.29 is 19.5 Å². The van der Waals surface area contributed by atoms with Gasteiger partial charge in [0.15, 0.2) is 0 Å². The molecule has 6 nitrogen and oxygen atoms in total. The Morgan fingerprint density at radius 2 is 2.06 bits per heavy atom. The van der Waals surface area contributed by atoms with Gasteiger partial charge in [0.2, 0.25) is 0 Å². The zero-order chi connectivity index (χ0) is 13.4. The van der Waals surface area contributed by atoms with Crippen LogP contribution < -0.4 is 0 Å². The molecule has 18 heavy (non-hydrogen) atoms. The maximum Gasteiger partial charge on any atom is 0.302 e. The summed E-state index contributed by atoms with van der Waals surface area (Å²) in [6.07, 6.45) is 0.294. The summed E-state index contributed by atoms with van der Waals surface area (Å²) in [5.41, 5.74) is 0.733. The van der Waals surface area contributed by atoms with Crippen molar-refractivity contribution >= 4 is 5.97 Å². The first-order valence-corrected chi connectivity index (χ1v) is 5.59. The summed E-state index contributed by atoms with van der Waals surface area (Å²) in [7, 11) is 0. The molecule has 0 aliphatic rings. The third-order valence-corrected chi connectivity index (χ3v) is 2.30. The van der Waals surface area contributed by atoms with Gasteiger partial charge in [-0.2, -0.15) is 0 Å². The van der Waals surface area contributed by atoms with E-state index in [0.717, 1.165) is 5.56 Å². The van der Waals surface area contributed by atoms with Crippen molar-refractivity contribution in [2.24, 2.45) is 0 Å². The van der Waals surface area contributed by atoms with Crippen LogP contribution in [0.1, 0.15) is 31.4 Å². The molecule has 0 saturated carbocycles. The lowest BCUT2D eigenvalue weighted by Gasteiger charge is -2.14. The Hall–Kier alpha value is -2.11. The number of carbonyl (C=O) groups excluding carboxylic acids is 1. The zero-order valence-electron chi connectivity index (χ0n) is 10.1. The lowest BCUT2D eigenvalue weighted by Crippen LogP contribution is -2.11. The molecular weight excluding hydrogens is 238 g/mol. The molecule has 1 aromatic rings. The van der Waals surface area contributed by atoms with E-state index in [1.165, 1.54) is 6.92 Å². The number of rotatable bonds is 7. The molecule has 0 saturated heterocycles. The largest absolute Gasteiger partial charge is 0.466 e. The standard InChI is InChI=1S/C12H15NO5/c1-10(14)17-9-5-8-12(18-13(15)16)11-6-3-2-4-7-11/h2-4,6-7,12H,5,8-9H2,1H3. The SMILES string of the molecule is CC(=O)OCCCC(O[N+](=O)[O-])c1ccccc1. The molecule has 0 spiro atoms. The third-order valence-electron chi connectivity index (χ3n) is 2.30. The first kappa shape index (κ1) is 14.0. The predicted octanol–water partition coefficient (Wildman–Crippen LogP) is 2.28. The molecule has 1 unspecified atom stereocenters. The van der Waals surface area contributed by atoms with Crippen LogP contribution in [0.2, 0.25) is 0 Å². The fourth-order valence-electron chi connectivity index (χ4n) is 1.54. The predicted molar refractivity (Wildman–Crippen MR) is 63.1 cm³/mol. The number of hydrogen-bond acceptors (Lipinski definition) is 5. The Bertz CT molecular complexity index is 393. The minimum Gasteiger partial charge on any atom is -0.466 e. The molecule has 0 fully saturated rings. The maximum atomic E-state index is 10.6. The zero-order valence-corrected chi connectivity index (χ0v) is 10.1. The third kappa shape index (κ3) is 5.29. The van der Waals surface area contributed by atoms with Gasteiger partial charge in [0.05, 0.1) is 6.61 Å². The summed E-state index contributed by atoms with van der Waals surface area (Å²) in [6, 6.07) is 8.93. The summed E-state index contributed by atoms with van der Waals surface area (Å²) >= 11 is 0. The van der Waals surface area contributed by atoms with Crippen LogP contribution in [-0.4, -0.2) is 17.7 Å². The Morgan fingerprint density at radius 1 is 1.39 bits per heavy atom. The molecule has 0 N–H and O–H groups in total. The van der Waals surface area contributed by atoms with Gasteiger partial charge in [-0.1, -0.05) is 30.3 Å². The van der Waals surface area contributed by atoms with Crippen molar-refractivity contribution in [1.29, 1.82) is 0 Å². The quantitative estimate of drug-likeness (QED) is 0.322. The number of esters is 1. The number of hydrogen-bond donors (Lipinski definition) is 0. The van der Waals surface area contributed by atoms with Crippen molar-refractivity contribution in [3.63, 3.8) is 0 Å². The van der Waals surface area contributed by atoms with Gasteiger partial charge in [-0.05, 0) is 18.4 Å². The second kappa shape index (κ2) is 7.26. The monoisotopic (exact) mass is 253 g/mol. The average molecular weight is 253 g/mol. The van der Waals surface area contributed by atoms with Gasteiger partial charge in [0, 0.05) is 6.92 Å². The second-order valence-corrected chi connectivity index (χ2v) is 3.71. The van der Waals surface area contributed by atoms with Crippen LogP contribution in [-0.2, 0) is 14.4 Å². The van der Waals surface area contributed by atoms with Gasteiger partial charge in [0.25, 0.3) is 5.09 Å². The molecule has 0 aliphatic carbocycles. The lowest BCUT2D eigenvalue weighted by molar-refractivity contribution is -0.771. The number of nitrogens with zero attached hydrogens (tertiary/aromatic N) is 1. The van der Waals surface area contributed by atoms with E-state index in [4.69, 9.17) is 4.74 Å². The van der Waals surface area contributed by atoms with Gasteiger partial charge in [-0.25, -0.2) is 0 Å². The highest BCUT2D eigenvalue weighted by Gasteiger charge is 2.15. The summed E-state index contributed by atoms with van der Waals surface area (Å²) < 4.78 is 4.77. The van der Waals surface area contributed by atoms with Crippen LogP contribution in [0.25, 0.3) is 0 Å². The minimum atomic E-state index is -0.802. The van der Waals surface area contributed by atoms with Gasteiger partial charge in [0.1, 0.15) is 6.10 Å². The second-order valence-electron chi connectivity index (χ2n) is 3.71. The first-order chi connectivity index (χ1) is 8.59. The molecule has 0 heterocycles. The van der Waals surface area contributed by atoms with Gasteiger partial charge < -0.3 is 9.57 Å². The molecule has 1 aromatic carbocycles. The van der Waals surface area contributed by atoms with Crippen LogP contribution in [0, 0.1) is 10.1 Å². The van der Waals surface area contributed by atoms with Gasteiger partial charge in [-0.3, -0.25) is 4.79 Å². The van der Waals surface area contributed by atoms with Crippen LogP contribution >= 0.6 is 0 Å². The highest BCUT2D eigenvalue weighted by atomic mass is 17.0. The summed E-state index contributed by atoms with van der Waals surface area (Å²) in [5, 5.41) is 9.62. The molecule has 1 rings (SSSR count). The highest BCUT2D eigenvalue weighted by Crippen LogP contribution is 2.22. The molecule has 0 aliphatic heterocycles. The van der Waals surface area contributed by atoms with Crippen LogP contribution in [0.5, 0.6) is 0 Å². The summed E-state index contributed by atoms with van der Waals surface area (Å²) in [6.45, 7) is 1.56. The van der Waals surface area contributed by atoms with Crippen molar-refractivity contribution in [2.45, 2.75) is 25.9 Å². The Labute approximate surface area is 105 Å². The number of benzene rings is 1. The van der Waals surface area contributed by atoms with Gasteiger partial charge in [-0.15, -0.1) is 10.1 Å². The Kier molecular flexibility index (Phi) is 5.63. The van der Waals surface area contributed by atoms with E-state index in [2.05, 4.69) is 4.84 Å². The smallest absolute Gasteiger partial charge is 0.302 e. The highest BCUT2D eigenvalue weighted by molar-refractivity contribution is 5.65. The fraction of sp³-hybridized carbons (Fsp3) is 0.417. The van der Waals surface area contributed by atoms with E-state index < -0.39 is 11.2 Å². The minimum absolute atomic E-state index is 0.236. The first-order valence-electron chi connectivity index (χ1n) is 5.59. The molecule has 0 radical (unpaired) electrons.